The van der Waals surface area contributed by atoms with Crippen LogP contribution in [0.15, 0.2) is 0 Å². The average Bonchev–Trinajstić information content (AvgIpc) is 1.76. The van der Waals surface area contributed by atoms with Crippen LogP contribution in [-0.2, 0) is 4.18 Å². The van der Waals surface area contributed by atoms with E-state index in [-0.39, 0.29) is 19.8 Å². The molecule has 0 saturated carbocycles. The summed E-state index contributed by atoms with van der Waals surface area (Å²) in [6.45, 7) is 1.04. The van der Waals surface area contributed by atoms with Crippen LogP contribution in [0.25, 0.3) is 0 Å². The van der Waals surface area contributed by atoms with E-state index >= 15 is 0 Å². The number of hydrogen-bond donors (Lipinski definition) is 0. The molecule has 3 heteroatoms. The van der Waals surface area contributed by atoms with Crippen LogP contribution in [0.5, 0.6) is 0 Å². The molecule has 0 bridgehead atoms. The molecule has 1 rings (SSSR count). The van der Waals surface area contributed by atoms with Gasteiger partial charge in [-0.1, -0.05) is 0 Å². The first-order valence-electron chi connectivity index (χ1n) is 1.51. The molecule has 1 saturated heterocycles. The van der Waals surface area contributed by atoms with E-state index in [0.29, 0.717) is 0 Å². The van der Waals surface area contributed by atoms with Gasteiger partial charge in [0.05, 0.1) is 0 Å². The Hall–Kier alpha value is 1.11. The van der Waals surface area contributed by atoms with Gasteiger partial charge in [0, 0.05) is 0 Å². The number of rotatable bonds is 0. The number of hydrogen-bond acceptors (Lipinski definition) is 2. The normalized spacial score (nSPS) is 24.0. The molecule has 0 aliphatic carbocycles. The Bertz CT molecular complexity index is 21.2. The zero-order valence-corrected chi connectivity index (χ0v) is 6.40. The Kier molecular flexibility index (Phi) is 1.97. The molecule has 0 atom stereocenters. The SMILES string of the molecule is C1[CH2][Sn][S]O1. The fourth-order valence-electron chi connectivity index (χ4n) is 0.208. The molecule has 0 unspecified atom stereocenters. The second kappa shape index (κ2) is 2.31. The van der Waals surface area contributed by atoms with Gasteiger partial charge in [-0.15, -0.1) is 0 Å². The quantitative estimate of drug-likeness (QED) is 0.415. The third-order valence-electron chi connectivity index (χ3n) is 0.405. The molecule has 0 spiro atoms. The predicted octanol–water partition coefficient (Wildman–Crippen LogP) is 0.702. The molecule has 0 N–H and O–H groups in total. The van der Waals surface area contributed by atoms with Crippen LogP contribution in [0.4, 0.5) is 0 Å². The van der Waals surface area contributed by atoms with Crippen molar-refractivity contribution in [2.24, 2.45) is 0 Å². The van der Waals surface area contributed by atoms with Crippen LogP contribution in [-0.4, -0.2) is 26.4 Å². The van der Waals surface area contributed by atoms with Crippen molar-refractivity contribution in [1.82, 2.24) is 0 Å². The minimum atomic E-state index is 0.0233. The second-order valence-electron chi connectivity index (χ2n) is 0.800. The minimum absolute atomic E-state index is 0.0233. The summed E-state index contributed by atoms with van der Waals surface area (Å²) in [6.07, 6.45) is 0. The van der Waals surface area contributed by atoms with E-state index in [2.05, 4.69) is 0 Å². The predicted molar refractivity (Wildman–Crippen MR) is 24.1 cm³/mol. The Morgan fingerprint density at radius 1 is 1.80 bits per heavy atom. The van der Waals surface area contributed by atoms with Crippen molar-refractivity contribution in [3.8, 4) is 0 Å². The molecule has 0 aromatic carbocycles. The third kappa shape index (κ3) is 1.32. The van der Waals surface area contributed by atoms with Crippen LogP contribution in [0.2, 0.25) is 4.44 Å². The van der Waals surface area contributed by atoms with Crippen molar-refractivity contribution in [2.75, 3.05) is 6.61 Å². The molecule has 1 aliphatic heterocycles. The average molecular weight is 195 g/mol. The zero-order chi connectivity index (χ0) is 3.54. The summed E-state index contributed by atoms with van der Waals surface area (Å²) in [7, 11) is 1.74. The fraction of sp³-hybridized carbons (Fsp3) is 1.00. The molecular weight excluding hydrogens is 191 g/mol. The van der Waals surface area contributed by atoms with Gasteiger partial charge < -0.3 is 0 Å². The second-order valence-corrected chi connectivity index (χ2v) is 6.82. The van der Waals surface area contributed by atoms with Crippen LogP contribution >= 0.6 is 9.23 Å². The molecule has 2 radical (unpaired) electrons. The molecule has 0 aromatic rings. The standard InChI is InChI=1S/C2H5OS.Sn/c1-2-3-4;/h4H,1-2H2;/q;+1/p-1. The molecule has 5 heavy (non-hydrogen) atoms. The van der Waals surface area contributed by atoms with Gasteiger partial charge in [-0.3, -0.25) is 0 Å². The molecule has 1 nitrogen and oxygen atoms in total. The first kappa shape index (κ1) is 4.27. The summed E-state index contributed by atoms with van der Waals surface area (Å²) in [5.41, 5.74) is 0. The summed E-state index contributed by atoms with van der Waals surface area (Å²) in [6, 6.07) is 0. The monoisotopic (exact) mass is 196 g/mol. The Morgan fingerprint density at radius 3 is 3.00 bits per heavy atom. The van der Waals surface area contributed by atoms with Gasteiger partial charge in [-0.05, 0) is 0 Å². The van der Waals surface area contributed by atoms with Gasteiger partial charge in [0.15, 0.2) is 0 Å². The third-order valence-corrected chi connectivity index (χ3v) is 5.36. The molecule has 0 aromatic heterocycles. The fourth-order valence-corrected chi connectivity index (χ4v) is 4.19. The van der Waals surface area contributed by atoms with Crippen LogP contribution < -0.4 is 0 Å². The first-order valence-corrected chi connectivity index (χ1v) is 7.77. The van der Waals surface area contributed by atoms with Crippen molar-refractivity contribution >= 4 is 29.0 Å². The summed E-state index contributed by atoms with van der Waals surface area (Å²) >= 11 is 0.0233. The van der Waals surface area contributed by atoms with E-state index in [1.165, 1.54) is 4.44 Å². The Balaban J connectivity index is 2.08. The first-order chi connectivity index (χ1) is 2.50. The van der Waals surface area contributed by atoms with Crippen molar-refractivity contribution < 1.29 is 4.18 Å². The summed E-state index contributed by atoms with van der Waals surface area (Å²) in [5.74, 6) is 0. The Labute approximate surface area is 44.3 Å². The van der Waals surface area contributed by atoms with Crippen molar-refractivity contribution in [1.29, 1.82) is 0 Å². The molecule has 1 aliphatic rings. The van der Waals surface area contributed by atoms with Gasteiger partial charge >= 0.3 is 44.2 Å². The maximum absolute atomic E-state index is 4.94. The molecule has 0 amide bonds. The van der Waals surface area contributed by atoms with Gasteiger partial charge in [-0.2, -0.15) is 0 Å². The van der Waals surface area contributed by atoms with Gasteiger partial charge in [0.25, 0.3) is 0 Å². The molecular formula is C2H4OSSn. The topological polar surface area (TPSA) is 9.23 Å². The van der Waals surface area contributed by atoms with Crippen LogP contribution in [0.3, 0.4) is 0 Å². The van der Waals surface area contributed by atoms with Gasteiger partial charge in [0.1, 0.15) is 0 Å². The van der Waals surface area contributed by atoms with Crippen molar-refractivity contribution in [3.63, 3.8) is 0 Å². The van der Waals surface area contributed by atoms with E-state index in [1.54, 1.807) is 9.23 Å². The molecule has 1 fully saturated rings. The Morgan fingerprint density at radius 2 is 2.80 bits per heavy atom. The van der Waals surface area contributed by atoms with E-state index in [1.807, 2.05) is 0 Å². The van der Waals surface area contributed by atoms with Crippen molar-refractivity contribution in [2.45, 2.75) is 4.44 Å². The maximum atomic E-state index is 4.94. The van der Waals surface area contributed by atoms with Crippen molar-refractivity contribution in [3.05, 3.63) is 0 Å². The molecule has 28 valence electrons. The zero-order valence-electron chi connectivity index (χ0n) is 2.73. The van der Waals surface area contributed by atoms with E-state index in [9.17, 15) is 0 Å². The van der Waals surface area contributed by atoms with Crippen LogP contribution in [0.1, 0.15) is 0 Å². The van der Waals surface area contributed by atoms with Gasteiger partial charge in [-0.25, -0.2) is 0 Å². The van der Waals surface area contributed by atoms with E-state index in [4.69, 9.17) is 4.18 Å². The van der Waals surface area contributed by atoms with E-state index < -0.39 is 0 Å². The molecule has 1 heterocycles. The summed E-state index contributed by atoms with van der Waals surface area (Å²) < 4.78 is 6.35. The van der Waals surface area contributed by atoms with Gasteiger partial charge in [0.2, 0.25) is 0 Å². The van der Waals surface area contributed by atoms with Crippen LogP contribution in [0, 0.1) is 0 Å². The summed E-state index contributed by atoms with van der Waals surface area (Å²) in [5, 5.41) is 0. The van der Waals surface area contributed by atoms with E-state index in [0.717, 1.165) is 6.61 Å². The summed E-state index contributed by atoms with van der Waals surface area (Å²) in [4.78, 5) is 0.